The van der Waals surface area contributed by atoms with Gasteiger partial charge in [0.15, 0.2) is 11.5 Å². The Balaban J connectivity index is 1.74. The highest BCUT2D eigenvalue weighted by molar-refractivity contribution is 7.09. The summed E-state index contributed by atoms with van der Waals surface area (Å²) in [5, 5.41) is 7.90. The fraction of sp³-hybridized carbons (Fsp3) is 0.421. The average Bonchev–Trinajstić information content (AvgIpc) is 3.17. The number of amides is 2. The summed E-state index contributed by atoms with van der Waals surface area (Å²) in [6, 6.07) is 7.36. The van der Waals surface area contributed by atoms with E-state index < -0.39 is 0 Å². The van der Waals surface area contributed by atoms with Crippen LogP contribution in [0.15, 0.2) is 29.6 Å². The Labute approximate surface area is 163 Å². The Morgan fingerprint density at radius 2 is 1.89 bits per heavy atom. The predicted molar refractivity (Wildman–Crippen MR) is 104 cm³/mol. The van der Waals surface area contributed by atoms with Crippen LogP contribution in [0.3, 0.4) is 0 Å². The van der Waals surface area contributed by atoms with Crippen LogP contribution in [0.5, 0.6) is 11.5 Å². The van der Waals surface area contributed by atoms with E-state index in [9.17, 15) is 9.59 Å². The predicted octanol–water partition coefficient (Wildman–Crippen LogP) is 2.77. The zero-order valence-electron chi connectivity index (χ0n) is 15.6. The molecule has 27 heavy (non-hydrogen) atoms. The molecule has 0 fully saturated rings. The lowest BCUT2D eigenvalue weighted by Crippen LogP contribution is -2.34. The normalized spacial score (nSPS) is 10.3. The standard InChI is InChI=1S/C19H25N3O4S/c1-3-4-9-17(23)20-10-11-21-19(24)14-13-27-18(22-14)12-26-16-8-6-5-7-15(16)25-2/h5-8,13H,3-4,9-12H2,1-2H3,(H,20,23)(H,21,24). The first-order valence-electron chi connectivity index (χ1n) is 8.89. The van der Waals surface area contributed by atoms with E-state index in [1.165, 1.54) is 11.3 Å². The molecule has 146 valence electrons. The first kappa shape index (κ1) is 20.7. The maximum absolute atomic E-state index is 12.1. The van der Waals surface area contributed by atoms with E-state index in [1.807, 2.05) is 31.2 Å². The highest BCUT2D eigenvalue weighted by atomic mass is 32.1. The quantitative estimate of drug-likeness (QED) is 0.575. The lowest BCUT2D eigenvalue weighted by atomic mass is 10.2. The van der Waals surface area contributed by atoms with Crippen LogP contribution in [-0.4, -0.2) is 37.0 Å². The van der Waals surface area contributed by atoms with Crippen LogP contribution in [-0.2, 0) is 11.4 Å². The molecule has 0 saturated heterocycles. The third kappa shape index (κ3) is 6.90. The van der Waals surface area contributed by atoms with Crippen molar-refractivity contribution in [2.24, 2.45) is 0 Å². The van der Waals surface area contributed by atoms with Crippen LogP contribution >= 0.6 is 11.3 Å². The largest absolute Gasteiger partial charge is 0.493 e. The molecule has 7 nitrogen and oxygen atoms in total. The molecule has 0 unspecified atom stereocenters. The average molecular weight is 391 g/mol. The Morgan fingerprint density at radius 1 is 1.15 bits per heavy atom. The summed E-state index contributed by atoms with van der Waals surface area (Å²) < 4.78 is 10.9. The number of rotatable bonds is 11. The van der Waals surface area contributed by atoms with Crippen molar-refractivity contribution in [3.05, 3.63) is 40.3 Å². The molecule has 2 N–H and O–H groups in total. The van der Waals surface area contributed by atoms with Crippen LogP contribution in [0, 0.1) is 0 Å². The van der Waals surface area contributed by atoms with Gasteiger partial charge >= 0.3 is 0 Å². The molecule has 0 aliphatic rings. The van der Waals surface area contributed by atoms with E-state index in [-0.39, 0.29) is 18.4 Å². The van der Waals surface area contributed by atoms with Crippen LogP contribution in [0.2, 0.25) is 0 Å². The third-order valence-electron chi connectivity index (χ3n) is 3.69. The molecule has 0 saturated carbocycles. The van der Waals surface area contributed by atoms with Gasteiger partial charge in [-0.3, -0.25) is 9.59 Å². The van der Waals surface area contributed by atoms with Crippen LogP contribution in [0.1, 0.15) is 41.7 Å². The lowest BCUT2D eigenvalue weighted by Gasteiger charge is -2.08. The number of carbonyl (C=O) groups excluding carboxylic acids is 2. The van der Waals surface area contributed by atoms with Crippen molar-refractivity contribution in [3.8, 4) is 11.5 Å². The van der Waals surface area contributed by atoms with Gasteiger partial charge in [0, 0.05) is 24.9 Å². The van der Waals surface area contributed by atoms with Crippen molar-refractivity contribution in [2.75, 3.05) is 20.2 Å². The summed E-state index contributed by atoms with van der Waals surface area (Å²) in [4.78, 5) is 27.9. The summed E-state index contributed by atoms with van der Waals surface area (Å²) in [5.41, 5.74) is 0.343. The molecule has 1 aromatic carbocycles. The van der Waals surface area contributed by atoms with Gasteiger partial charge in [-0.15, -0.1) is 11.3 Å². The molecular weight excluding hydrogens is 366 g/mol. The summed E-state index contributed by atoms with van der Waals surface area (Å²) in [7, 11) is 1.58. The van der Waals surface area contributed by atoms with Crippen LogP contribution < -0.4 is 20.1 Å². The smallest absolute Gasteiger partial charge is 0.270 e. The molecule has 2 amide bonds. The second-order valence-electron chi connectivity index (χ2n) is 5.78. The second kappa shape index (κ2) is 11.2. The van der Waals surface area contributed by atoms with Crippen molar-refractivity contribution < 1.29 is 19.1 Å². The number of hydrogen-bond donors (Lipinski definition) is 2. The summed E-state index contributed by atoms with van der Waals surface area (Å²) in [5.74, 6) is 1.01. The molecule has 1 heterocycles. The number of hydrogen-bond acceptors (Lipinski definition) is 6. The Hall–Kier alpha value is -2.61. The molecule has 0 aliphatic carbocycles. The highest BCUT2D eigenvalue weighted by Crippen LogP contribution is 2.27. The SMILES string of the molecule is CCCCC(=O)NCCNC(=O)c1csc(COc2ccccc2OC)n1. The molecule has 8 heteroatoms. The zero-order valence-corrected chi connectivity index (χ0v) is 16.4. The fourth-order valence-electron chi connectivity index (χ4n) is 2.25. The van der Waals surface area contributed by atoms with Crippen molar-refractivity contribution in [3.63, 3.8) is 0 Å². The highest BCUT2D eigenvalue weighted by Gasteiger charge is 2.11. The maximum Gasteiger partial charge on any atom is 0.270 e. The van der Waals surface area contributed by atoms with E-state index in [2.05, 4.69) is 15.6 Å². The second-order valence-corrected chi connectivity index (χ2v) is 6.72. The molecule has 1 aromatic heterocycles. The number of nitrogens with zero attached hydrogens (tertiary/aromatic N) is 1. The molecular formula is C19H25N3O4S. The number of nitrogens with one attached hydrogen (secondary N) is 2. The third-order valence-corrected chi connectivity index (χ3v) is 4.52. The molecule has 0 atom stereocenters. The van der Waals surface area contributed by atoms with Crippen LogP contribution in [0.25, 0.3) is 0 Å². The van der Waals surface area contributed by atoms with Gasteiger partial charge in [0.2, 0.25) is 5.91 Å². The summed E-state index contributed by atoms with van der Waals surface area (Å²) in [6.45, 7) is 3.06. The first-order valence-corrected chi connectivity index (χ1v) is 9.77. The first-order chi connectivity index (χ1) is 13.1. The lowest BCUT2D eigenvalue weighted by molar-refractivity contribution is -0.121. The molecule has 2 aromatic rings. The van der Waals surface area contributed by atoms with E-state index >= 15 is 0 Å². The minimum absolute atomic E-state index is 0.00975. The molecule has 0 aliphatic heterocycles. The van der Waals surface area contributed by atoms with Crippen molar-refractivity contribution >= 4 is 23.2 Å². The van der Waals surface area contributed by atoms with Gasteiger partial charge in [0.25, 0.3) is 5.91 Å². The van der Waals surface area contributed by atoms with Gasteiger partial charge in [-0.05, 0) is 18.6 Å². The molecule has 0 spiro atoms. The zero-order chi connectivity index (χ0) is 19.5. The Bertz CT molecular complexity index is 748. The van der Waals surface area contributed by atoms with Gasteiger partial charge in [-0.25, -0.2) is 4.98 Å². The van der Waals surface area contributed by atoms with E-state index in [0.29, 0.717) is 41.7 Å². The number of para-hydroxylation sites is 2. The van der Waals surface area contributed by atoms with Gasteiger partial charge in [0.05, 0.1) is 7.11 Å². The minimum atomic E-state index is -0.266. The van der Waals surface area contributed by atoms with Gasteiger partial charge in [0.1, 0.15) is 17.3 Å². The number of ether oxygens (including phenoxy) is 2. The number of unbranched alkanes of at least 4 members (excludes halogenated alkanes) is 1. The maximum atomic E-state index is 12.1. The van der Waals surface area contributed by atoms with Gasteiger partial charge in [-0.1, -0.05) is 25.5 Å². The topological polar surface area (TPSA) is 89.6 Å². The summed E-state index contributed by atoms with van der Waals surface area (Å²) in [6.07, 6.45) is 2.37. The Morgan fingerprint density at radius 3 is 2.63 bits per heavy atom. The fourth-order valence-corrected chi connectivity index (χ4v) is 2.94. The number of thiazole rings is 1. The minimum Gasteiger partial charge on any atom is -0.493 e. The number of aromatic nitrogens is 1. The van der Waals surface area contributed by atoms with E-state index in [1.54, 1.807) is 12.5 Å². The van der Waals surface area contributed by atoms with Crippen LogP contribution in [0.4, 0.5) is 0 Å². The summed E-state index contributed by atoms with van der Waals surface area (Å²) >= 11 is 1.36. The number of benzene rings is 1. The van der Waals surface area contributed by atoms with Crippen molar-refractivity contribution in [1.29, 1.82) is 0 Å². The van der Waals surface area contributed by atoms with Crippen molar-refractivity contribution in [2.45, 2.75) is 32.8 Å². The number of carbonyl (C=O) groups is 2. The molecule has 0 radical (unpaired) electrons. The van der Waals surface area contributed by atoms with Crippen molar-refractivity contribution in [1.82, 2.24) is 15.6 Å². The van der Waals surface area contributed by atoms with E-state index in [0.717, 1.165) is 12.8 Å². The molecule has 0 bridgehead atoms. The van der Waals surface area contributed by atoms with E-state index in [4.69, 9.17) is 9.47 Å². The molecule has 2 rings (SSSR count). The van der Waals surface area contributed by atoms with Gasteiger partial charge < -0.3 is 20.1 Å². The Kier molecular flexibility index (Phi) is 8.57. The monoisotopic (exact) mass is 391 g/mol. The van der Waals surface area contributed by atoms with Gasteiger partial charge in [-0.2, -0.15) is 0 Å². The number of methoxy groups -OCH3 is 1.